The number of hydrogen-bond acceptors (Lipinski definition) is 4. The van der Waals surface area contributed by atoms with E-state index in [2.05, 4.69) is 10.6 Å². The lowest BCUT2D eigenvalue weighted by atomic mass is 10.0. The number of alkyl carbamates (subject to hydrolysis) is 1. The van der Waals surface area contributed by atoms with E-state index in [1.807, 2.05) is 38.1 Å². The molecule has 2 rings (SSSR count). The van der Waals surface area contributed by atoms with Crippen molar-refractivity contribution in [3.05, 3.63) is 47.5 Å². The van der Waals surface area contributed by atoms with E-state index in [-0.39, 0.29) is 17.9 Å². The van der Waals surface area contributed by atoms with Gasteiger partial charge in [0, 0.05) is 25.2 Å². The molecule has 0 aliphatic carbocycles. The van der Waals surface area contributed by atoms with Crippen LogP contribution in [-0.4, -0.2) is 40.5 Å². The van der Waals surface area contributed by atoms with Gasteiger partial charge in [-0.15, -0.1) is 0 Å². The number of ether oxygens (including phenoxy) is 1. The maximum atomic E-state index is 12.7. The summed E-state index contributed by atoms with van der Waals surface area (Å²) in [5.41, 5.74) is 1.69. The van der Waals surface area contributed by atoms with Crippen molar-refractivity contribution in [2.24, 2.45) is 5.92 Å². The fourth-order valence-electron chi connectivity index (χ4n) is 3.34. The van der Waals surface area contributed by atoms with Crippen LogP contribution in [0.15, 0.2) is 36.4 Å². The molecule has 170 valence electrons. The van der Waals surface area contributed by atoms with E-state index < -0.39 is 17.7 Å². The van der Waals surface area contributed by atoms with Crippen LogP contribution in [0, 0.1) is 5.92 Å². The summed E-state index contributed by atoms with van der Waals surface area (Å²) in [6.07, 6.45) is 3.30. The molecule has 7 nitrogen and oxygen atoms in total. The summed E-state index contributed by atoms with van der Waals surface area (Å²) in [7, 11) is 0. The number of fused-ring (bicyclic) bond motifs is 1. The van der Waals surface area contributed by atoms with Crippen LogP contribution in [0.5, 0.6) is 0 Å². The Labute approximate surface area is 185 Å². The Bertz CT molecular complexity index is 801. The van der Waals surface area contributed by atoms with Crippen LogP contribution in [-0.2, 0) is 27.4 Å². The van der Waals surface area contributed by atoms with Crippen LogP contribution in [0.25, 0.3) is 0 Å². The van der Waals surface area contributed by atoms with E-state index in [4.69, 9.17) is 4.74 Å². The minimum Gasteiger partial charge on any atom is -0.444 e. The molecule has 1 aromatic carbocycles. The first-order valence-electron chi connectivity index (χ1n) is 10.8. The van der Waals surface area contributed by atoms with E-state index in [9.17, 15) is 14.4 Å². The number of hydrogen-bond donors (Lipinski definition) is 2. The van der Waals surface area contributed by atoms with E-state index in [1.54, 1.807) is 38.7 Å². The second kappa shape index (κ2) is 10.5. The van der Waals surface area contributed by atoms with E-state index in [1.165, 1.54) is 17.2 Å². The lowest BCUT2D eigenvalue weighted by Gasteiger charge is -2.23. The Morgan fingerprint density at radius 3 is 2.16 bits per heavy atom. The van der Waals surface area contributed by atoms with Gasteiger partial charge in [0.25, 0.3) is 0 Å². The number of rotatable bonds is 7. The minimum atomic E-state index is -0.762. The van der Waals surface area contributed by atoms with Gasteiger partial charge < -0.3 is 20.3 Å². The number of nitrogens with one attached hydrogen (secondary N) is 2. The number of benzene rings is 1. The molecule has 0 saturated heterocycles. The first kappa shape index (κ1) is 24.4. The third-order valence-electron chi connectivity index (χ3n) is 4.80. The molecule has 0 saturated carbocycles. The van der Waals surface area contributed by atoms with Gasteiger partial charge in [0.15, 0.2) is 0 Å². The van der Waals surface area contributed by atoms with Crippen molar-refractivity contribution in [1.82, 2.24) is 15.5 Å². The number of carbonyl (C=O) groups excluding carboxylic acids is 3. The van der Waals surface area contributed by atoms with Gasteiger partial charge in [0.1, 0.15) is 11.6 Å². The zero-order chi connectivity index (χ0) is 23.2. The molecule has 31 heavy (non-hydrogen) atoms. The molecule has 1 aliphatic heterocycles. The molecule has 0 fully saturated rings. The Morgan fingerprint density at radius 2 is 1.65 bits per heavy atom. The highest BCUT2D eigenvalue weighted by Crippen LogP contribution is 2.22. The molecule has 0 aromatic heterocycles. The molecule has 3 amide bonds. The average molecular weight is 430 g/mol. The maximum absolute atomic E-state index is 12.7. The van der Waals surface area contributed by atoms with Gasteiger partial charge in [-0.1, -0.05) is 44.2 Å². The molecule has 2 atom stereocenters. The fraction of sp³-hybridized carbons (Fsp3) is 0.542. The molecule has 0 radical (unpaired) electrons. The van der Waals surface area contributed by atoms with Crippen molar-refractivity contribution >= 4 is 17.9 Å². The Hall–Kier alpha value is -2.83. The largest absolute Gasteiger partial charge is 0.444 e. The Kier molecular flexibility index (Phi) is 8.25. The summed E-state index contributed by atoms with van der Waals surface area (Å²) in [5, 5.41) is 5.45. The van der Waals surface area contributed by atoms with Crippen LogP contribution >= 0.6 is 0 Å². The van der Waals surface area contributed by atoms with Gasteiger partial charge in [-0.3, -0.25) is 9.59 Å². The first-order chi connectivity index (χ1) is 14.4. The molecule has 7 heteroatoms. The summed E-state index contributed by atoms with van der Waals surface area (Å²) in [6, 6.07) is 6.94. The normalized spacial score (nSPS) is 15.5. The van der Waals surface area contributed by atoms with Crippen LogP contribution in [0.1, 0.15) is 59.1 Å². The van der Waals surface area contributed by atoms with Crippen molar-refractivity contribution in [2.45, 2.75) is 78.7 Å². The topological polar surface area (TPSA) is 87.7 Å². The molecular weight excluding hydrogens is 394 g/mol. The van der Waals surface area contributed by atoms with E-state index in [0.29, 0.717) is 25.4 Å². The Balaban J connectivity index is 1.94. The van der Waals surface area contributed by atoms with Gasteiger partial charge in [0.05, 0.1) is 0 Å². The van der Waals surface area contributed by atoms with Gasteiger partial charge >= 0.3 is 6.09 Å². The Morgan fingerprint density at radius 1 is 1.06 bits per heavy atom. The molecule has 0 bridgehead atoms. The van der Waals surface area contributed by atoms with Gasteiger partial charge in [-0.05, 0) is 51.2 Å². The number of carbonyl (C=O) groups is 3. The van der Waals surface area contributed by atoms with Crippen molar-refractivity contribution < 1.29 is 19.1 Å². The lowest BCUT2D eigenvalue weighted by molar-refractivity contribution is -0.127. The van der Waals surface area contributed by atoms with Gasteiger partial charge in [-0.2, -0.15) is 0 Å². The highest BCUT2D eigenvalue weighted by atomic mass is 16.6. The second-order valence-corrected chi connectivity index (χ2v) is 9.43. The summed E-state index contributed by atoms with van der Waals surface area (Å²) < 4.78 is 5.20. The second-order valence-electron chi connectivity index (χ2n) is 9.43. The lowest BCUT2D eigenvalue weighted by Crippen LogP contribution is -2.49. The predicted octanol–water partition coefficient (Wildman–Crippen LogP) is 3.53. The first-order valence-corrected chi connectivity index (χ1v) is 10.8. The summed E-state index contributed by atoms with van der Waals surface area (Å²) in [4.78, 5) is 38.9. The quantitative estimate of drug-likeness (QED) is 0.649. The van der Waals surface area contributed by atoms with E-state index in [0.717, 1.165) is 0 Å². The summed E-state index contributed by atoms with van der Waals surface area (Å²) in [5.74, 6) is -0.100. The van der Waals surface area contributed by atoms with Crippen LogP contribution in [0.4, 0.5) is 4.79 Å². The molecule has 2 N–H and O–H groups in total. The summed E-state index contributed by atoms with van der Waals surface area (Å²) in [6.45, 7) is 12.2. The molecule has 1 heterocycles. The van der Waals surface area contributed by atoms with Crippen LogP contribution < -0.4 is 10.6 Å². The monoisotopic (exact) mass is 429 g/mol. The van der Waals surface area contributed by atoms with Crippen molar-refractivity contribution in [1.29, 1.82) is 0 Å². The minimum absolute atomic E-state index is 0.0841. The third kappa shape index (κ3) is 8.07. The zero-order valence-corrected chi connectivity index (χ0v) is 19.4. The van der Waals surface area contributed by atoms with Crippen LogP contribution in [0.2, 0.25) is 0 Å². The fourth-order valence-corrected chi connectivity index (χ4v) is 3.34. The number of amides is 3. The zero-order valence-electron chi connectivity index (χ0n) is 19.4. The molecule has 0 spiro atoms. The van der Waals surface area contributed by atoms with Crippen molar-refractivity contribution in [3.63, 3.8) is 0 Å². The maximum Gasteiger partial charge on any atom is 0.408 e. The highest BCUT2D eigenvalue weighted by Gasteiger charge is 2.24. The smallest absolute Gasteiger partial charge is 0.408 e. The standard InChI is InChI=1S/C24H35N3O4/c1-16(2)13-20(26-22(29)17(3)25-23(30)31-24(4,5)6)11-12-21(28)27-14-18-9-7-8-10-19(18)15-27/h7-12,16-17,20H,13-15H2,1-6H3,(H,25,30)(H,26,29)/b12-11+/t17-,20+/m0/s1. The molecule has 1 aliphatic rings. The predicted molar refractivity (Wildman–Crippen MR) is 120 cm³/mol. The SMILES string of the molecule is CC(C)C[C@@H](/C=C/C(=O)N1Cc2ccccc2C1)NC(=O)[C@H](C)NC(=O)OC(C)(C)C. The van der Waals surface area contributed by atoms with Gasteiger partial charge in [0.2, 0.25) is 11.8 Å². The van der Waals surface area contributed by atoms with Crippen molar-refractivity contribution in [2.75, 3.05) is 0 Å². The molecule has 1 aromatic rings. The van der Waals surface area contributed by atoms with Crippen LogP contribution in [0.3, 0.4) is 0 Å². The highest BCUT2D eigenvalue weighted by molar-refractivity contribution is 5.89. The number of nitrogens with zero attached hydrogens (tertiary/aromatic N) is 1. The van der Waals surface area contributed by atoms with Crippen molar-refractivity contribution in [3.8, 4) is 0 Å². The molecular formula is C24H35N3O4. The summed E-state index contributed by atoms with van der Waals surface area (Å²) >= 11 is 0. The molecule has 0 unspecified atom stereocenters. The van der Waals surface area contributed by atoms with Gasteiger partial charge in [-0.25, -0.2) is 4.79 Å². The van der Waals surface area contributed by atoms with E-state index >= 15 is 0 Å². The average Bonchev–Trinajstić information content (AvgIpc) is 3.08. The third-order valence-corrected chi connectivity index (χ3v) is 4.80.